The molecule has 1 unspecified atom stereocenters. The number of rotatable bonds is 4. The van der Waals surface area contributed by atoms with E-state index >= 15 is 0 Å². The van der Waals surface area contributed by atoms with Crippen molar-refractivity contribution in [3.63, 3.8) is 0 Å². The molecular formula is C15H16N2O2. The van der Waals surface area contributed by atoms with Crippen LogP contribution in [0.1, 0.15) is 42.0 Å². The summed E-state index contributed by atoms with van der Waals surface area (Å²) in [5.41, 5.74) is 1.23. The van der Waals surface area contributed by atoms with Crippen LogP contribution in [0.4, 0.5) is 0 Å². The minimum absolute atomic E-state index is 0.241. The number of nitrogens with zero attached hydrogens (tertiary/aromatic N) is 1. The summed E-state index contributed by atoms with van der Waals surface area (Å²) in [4.78, 5) is 4.33. The van der Waals surface area contributed by atoms with Crippen molar-refractivity contribution in [1.82, 2.24) is 10.3 Å². The van der Waals surface area contributed by atoms with Crippen LogP contribution in [-0.2, 0) is 6.54 Å². The molecular weight excluding hydrogens is 240 g/mol. The van der Waals surface area contributed by atoms with Crippen LogP contribution in [0.25, 0.3) is 0 Å². The molecule has 1 saturated carbocycles. The first-order valence-corrected chi connectivity index (χ1v) is 6.80. The molecule has 4 nitrogen and oxygen atoms in total. The van der Waals surface area contributed by atoms with Gasteiger partial charge < -0.3 is 9.15 Å². The van der Waals surface area contributed by atoms with E-state index < -0.39 is 0 Å². The lowest BCUT2D eigenvalue weighted by atomic mass is 10.1. The highest BCUT2D eigenvalue weighted by Crippen LogP contribution is 2.39. The highest BCUT2D eigenvalue weighted by Gasteiger charge is 2.29. The lowest BCUT2D eigenvalue weighted by molar-refractivity contribution is 0.305. The van der Waals surface area contributed by atoms with E-state index in [9.17, 15) is 0 Å². The van der Waals surface area contributed by atoms with Crippen molar-refractivity contribution in [1.29, 1.82) is 0 Å². The molecule has 0 bridgehead atoms. The van der Waals surface area contributed by atoms with Gasteiger partial charge in [0.2, 0.25) is 0 Å². The maximum atomic E-state index is 5.74. The molecule has 1 fully saturated rings. The number of nitrogens with one attached hydrogen (secondary N) is 1. The van der Waals surface area contributed by atoms with E-state index in [1.54, 1.807) is 0 Å². The normalized spacial score (nSPS) is 21.2. The van der Waals surface area contributed by atoms with Gasteiger partial charge in [0.15, 0.2) is 5.89 Å². The summed E-state index contributed by atoms with van der Waals surface area (Å²) < 4.78 is 11.4. The Morgan fingerprint density at radius 2 is 2.16 bits per heavy atom. The fourth-order valence-corrected chi connectivity index (χ4v) is 2.48. The third-order valence-corrected chi connectivity index (χ3v) is 3.72. The summed E-state index contributed by atoms with van der Waals surface area (Å²) in [5.74, 6) is 3.37. The Kier molecular flexibility index (Phi) is 2.55. The molecule has 1 atom stereocenters. The Balaban J connectivity index is 1.42. The minimum atomic E-state index is 0.241. The van der Waals surface area contributed by atoms with Crippen LogP contribution in [0.2, 0.25) is 0 Å². The van der Waals surface area contributed by atoms with E-state index in [-0.39, 0.29) is 6.04 Å². The first kappa shape index (κ1) is 11.1. The van der Waals surface area contributed by atoms with Gasteiger partial charge in [-0.1, -0.05) is 18.2 Å². The summed E-state index contributed by atoms with van der Waals surface area (Å²) in [6, 6.07) is 8.40. The third-order valence-electron chi connectivity index (χ3n) is 3.72. The monoisotopic (exact) mass is 256 g/mol. The molecule has 1 aromatic heterocycles. The van der Waals surface area contributed by atoms with Gasteiger partial charge >= 0.3 is 0 Å². The van der Waals surface area contributed by atoms with Crippen LogP contribution in [0.15, 0.2) is 34.9 Å². The van der Waals surface area contributed by atoms with Gasteiger partial charge in [-0.2, -0.15) is 0 Å². The fraction of sp³-hybridized carbons (Fsp3) is 0.400. The van der Waals surface area contributed by atoms with Gasteiger partial charge in [-0.15, -0.1) is 0 Å². The number of para-hydroxylation sites is 1. The van der Waals surface area contributed by atoms with Gasteiger partial charge in [0.1, 0.15) is 18.1 Å². The number of ether oxygens (including phenoxy) is 1. The van der Waals surface area contributed by atoms with Crippen molar-refractivity contribution in [3.05, 3.63) is 47.7 Å². The second kappa shape index (κ2) is 4.38. The second-order valence-electron chi connectivity index (χ2n) is 5.22. The van der Waals surface area contributed by atoms with Gasteiger partial charge in [-0.25, -0.2) is 4.98 Å². The topological polar surface area (TPSA) is 47.3 Å². The zero-order chi connectivity index (χ0) is 12.7. The Morgan fingerprint density at radius 1 is 1.26 bits per heavy atom. The molecule has 1 aliphatic carbocycles. The van der Waals surface area contributed by atoms with Gasteiger partial charge in [-0.05, 0) is 18.9 Å². The zero-order valence-corrected chi connectivity index (χ0v) is 10.6. The largest absolute Gasteiger partial charge is 0.491 e. The Labute approximate surface area is 111 Å². The van der Waals surface area contributed by atoms with Crippen LogP contribution < -0.4 is 10.1 Å². The lowest BCUT2D eigenvalue weighted by Gasteiger charge is -2.09. The average Bonchev–Trinajstić information content (AvgIpc) is 3.05. The smallest absolute Gasteiger partial charge is 0.197 e. The molecule has 4 rings (SSSR count). The summed E-state index contributed by atoms with van der Waals surface area (Å²) >= 11 is 0. The summed E-state index contributed by atoms with van der Waals surface area (Å²) in [7, 11) is 0. The van der Waals surface area contributed by atoms with Crippen molar-refractivity contribution in [2.24, 2.45) is 0 Å². The van der Waals surface area contributed by atoms with Crippen molar-refractivity contribution >= 4 is 0 Å². The molecule has 2 heterocycles. The van der Waals surface area contributed by atoms with Crippen LogP contribution in [0.3, 0.4) is 0 Å². The van der Waals surface area contributed by atoms with E-state index in [2.05, 4.69) is 16.4 Å². The summed E-state index contributed by atoms with van der Waals surface area (Å²) in [5, 5.41) is 3.47. The number of aromatic nitrogens is 1. The van der Waals surface area contributed by atoms with Crippen molar-refractivity contribution in [2.45, 2.75) is 31.3 Å². The average molecular weight is 256 g/mol. The quantitative estimate of drug-likeness (QED) is 0.913. The first-order valence-electron chi connectivity index (χ1n) is 6.80. The molecule has 98 valence electrons. The first-order chi connectivity index (χ1) is 9.40. The molecule has 0 amide bonds. The van der Waals surface area contributed by atoms with Crippen LogP contribution >= 0.6 is 0 Å². The highest BCUT2D eigenvalue weighted by molar-refractivity contribution is 5.39. The molecule has 2 aliphatic rings. The van der Waals surface area contributed by atoms with Crippen molar-refractivity contribution in [3.8, 4) is 5.75 Å². The van der Waals surface area contributed by atoms with E-state index in [1.807, 2.05) is 24.4 Å². The van der Waals surface area contributed by atoms with E-state index in [0.29, 0.717) is 19.1 Å². The van der Waals surface area contributed by atoms with Crippen molar-refractivity contribution in [2.75, 3.05) is 6.61 Å². The number of fused-ring (bicyclic) bond motifs is 1. The molecule has 1 aliphatic heterocycles. The maximum absolute atomic E-state index is 5.74. The second-order valence-corrected chi connectivity index (χ2v) is 5.22. The van der Waals surface area contributed by atoms with Gasteiger partial charge in [0, 0.05) is 11.5 Å². The number of hydrogen-bond donors (Lipinski definition) is 1. The Morgan fingerprint density at radius 3 is 3.05 bits per heavy atom. The van der Waals surface area contributed by atoms with E-state index in [0.717, 1.165) is 17.4 Å². The summed E-state index contributed by atoms with van der Waals surface area (Å²) in [6.45, 7) is 1.38. The van der Waals surface area contributed by atoms with Crippen LogP contribution in [0, 0.1) is 0 Å². The molecule has 0 radical (unpaired) electrons. The van der Waals surface area contributed by atoms with E-state index in [1.165, 1.54) is 18.4 Å². The number of hydrogen-bond acceptors (Lipinski definition) is 4. The SMILES string of the molecule is c1ccc2c(c1)OCC2NCc1cnc(C2CC2)o1. The molecule has 2 aromatic rings. The summed E-state index contributed by atoms with van der Waals surface area (Å²) in [6.07, 6.45) is 4.27. The zero-order valence-electron chi connectivity index (χ0n) is 10.6. The predicted molar refractivity (Wildman–Crippen MR) is 70.0 cm³/mol. The van der Waals surface area contributed by atoms with Crippen molar-refractivity contribution < 1.29 is 9.15 Å². The molecule has 19 heavy (non-hydrogen) atoms. The highest BCUT2D eigenvalue weighted by atomic mass is 16.5. The Bertz CT molecular complexity index is 589. The fourth-order valence-electron chi connectivity index (χ4n) is 2.48. The standard InChI is InChI=1S/C15H16N2O2/c1-2-4-14-12(3-1)13(9-18-14)16-7-11-8-17-15(19-11)10-5-6-10/h1-4,8,10,13,16H,5-7,9H2. The maximum Gasteiger partial charge on any atom is 0.197 e. The van der Waals surface area contributed by atoms with E-state index in [4.69, 9.17) is 9.15 Å². The third kappa shape index (κ3) is 2.12. The number of benzene rings is 1. The molecule has 1 N–H and O–H groups in total. The minimum Gasteiger partial charge on any atom is -0.491 e. The molecule has 4 heteroatoms. The molecule has 0 saturated heterocycles. The molecule has 0 spiro atoms. The van der Waals surface area contributed by atoms with Gasteiger partial charge in [-0.3, -0.25) is 5.32 Å². The van der Waals surface area contributed by atoms with Crippen LogP contribution in [0.5, 0.6) is 5.75 Å². The number of oxazole rings is 1. The lowest BCUT2D eigenvalue weighted by Crippen LogP contribution is -2.21. The Hall–Kier alpha value is -1.81. The molecule has 1 aromatic carbocycles. The predicted octanol–water partition coefficient (Wildman–Crippen LogP) is 2.78. The van der Waals surface area contributed by atoms with Gasteiger partial charge in [0.05, 0.1) is 18.8 Å². The van der Waals surface area contributed by atoms with Crippen LogP contribution in [-0.4, -0.2) is 11.6 Å². The van der Waals surface area contributed by atoms with Gasteiger partial charge in [0.25, 0.3) is 0 Å².